The topological polar surface area (TPSA) is 154 Å². The number of hydrogen-bond acceptors (Lipinski definition) is 7. The van der Waals surface area contributed by atoms with E-state index in [4.69, 9.17) is 4.74 Å². The van der Waals surface area contributed by atoms with Crippen LogP contribution in [0.3, 0.4) is 0 Å². The van der Waals surface area contributed by atoms with E-state index in [1.807, 2.05) is 58.9 Å². The first kappa shape index (κ1) is 36.6. The van der Waals surface area contributed by atoms with Crippen molar-refractivity contribution in [1.82, 2.24) is 25.8 Å². The molecule has 0 radical (unpaired) electrons. The Hall–Kier alpha value is -4.22. The van der Waals surface area contributed by atoms with Crippen molar-refractivity contribution in [3.8, 4) is 0 Å². The number of ether oxygens (including phenoxy) is 1. The van der Waals surface area contributed by atoms with Crippen LogP contribution in [0.4, 0.5) is 4.79 Å². The molecular weight excluding hydrogens is 614 g/mol. The van der Waals surface area contributed by atoms with Crippen molar-refractivity contribution in [2.24, 2.45) is 22.7 Å². The summed E-state index contributed by atoms with van der Waals surface area (Å²) in [5.74, 6) is -3.35. The number of alkyl carbamates (subject to hydrolysis) is 1. The number of hydrogen-bond donors (Lipinski definition) is 3. The Labute approximate surface area is 283 Å². The molecule has 2 fully saturated rings. The Morgan fingerprint density at radius 2 is 1.67 bits per heavy atom. The molecule has 12 heteroatoms. The standard InChI is InChI=1S/C36H51N5O7/c1-10-13-24(28(43)31(45)37-18-25(42)40-17-16-21-14-11-12-15-22(21)19-40)38-30(44)27-26-23(36(26,8)9)20-41(27)32(46)29(34(2,3)4)39-33(47)48-35(5,6)7/h10-12,14-15,23-24,26-27,29H,1,13,16-20H2,2-9H3,(H,37,45)(H,38,44)(H,39,47)/t23-,24-,26-,27-,29+/m0/s1. The van der Waals surface area contributed by atoms with E-state index in [9.17, 15) is 28.8 Å². The van der Waals surface area contributed by atoms with E-state index < -0.39 is 58.7 Å². The molecule has 0 spiro atoms. The van der Waals surface area contributed by atoms with Crippen LogP contribution in [-0.2, 0) is 41.7 Å². The molecule has 0 bridgehead atoms. The molecule has 5 atom stereocenters. The third-order valence-electron chi connectivity index (χ3n) is 9.68. The number of carbonyl (C=O) groups is 6. The predicted molar refractivity (Wildman–Crippen MR) is 179 cm³/mol. The normalized spacial score (nSPS) is 22.3. The second-order valence-electron chi connectivity index (χ2n) is 15.8. The third-order valence-corrected chi connectivity index (χ3v) is 9.68. The Bertz CT molecular complexity index is 1470. The fourth-order valence-electron chi connectivity index (χ4n) is 6.93. The van der Waals surface area contributed by atoms with Crippen LogP contribution in [0.5, 0.6) is 0 Å². The largest absolute Gasteiger partial charge is 0.444 e. The van der Waals surface area contributed by atoms with Crippen LogP contribution in [0.15, 0.2) is 36.9 Å². The number of benzene rings is 1. The molecule has 48 heavy (non-hydrogen) atoms. The van der Waals surface area contributed by atoms with Crippen LogP contribution >= 0.6 is 0 Å². The Kier molecular flexibility index (Phi) is 10.5. The number of nitrogens with one attached hydrogen (secondary N) is 3. The van der Waals surface area contributed by atoms with Crippen molar-refractivity contribution < 1.29 is 33.5 Å². The molecule has 2 heterocycles. The van der Waals surface area contributed by atoms with Crippen molar-refractivity contribution in [3.63, 3.8) is 0 Å². The molecule has 1 saturated carbocycles. The number of fused-ring (bicyclic) bond motifs is 2. The number of amides is 5. The molecule has 4 rings (SSSR count). The maximum atomic E-state index is 14.1. The number of ketones is 1. The Balaban J connectivity index is 1.43. The molecule has 1 saturated heterocycles. The van der Waals surface area contributed by atoms with E-state index in [-0.39, 0.29) is 36.1 Å². The fourth-order valence-corrected chi connectivity index (χ4v) is 6.93. The zero-order chi connectivity index (χ0) is 35.8. The van der Waals surface area contributed by atoms with Crippen LogP contribution in [0.1, 0.15) is 72.9 Å². The first-order valence-electron chi connectivity index (χ1n) is 16.6. The molecule has 12 nitrogen and oxygen atoms in total. The van der Waals surface area contributed by atoms with Gasteiger partial charge in [0.25, 0.3) is 5.91 Å². The minimum atomic E-state index is -1.25. The first-order chi connectivity index (χ1) is 22.3. The summed E-state index contributed by atoms with van der Waals surface area (Å²) in [5.41, 5.74) is 0.512. The van der Waals surface area contributed by atoms with Gasteiger partial charge in [-0.2, -0.15) is 0 Å². The van der Waals surface area contributed by atoms with E-state index in [1.165, 1.54) is 16.5 Å². The minimum absolute atomic E-state index is 0.0299. The van der Waals surface area contributed by atoms with E-state index in [0.717, 1.165) is 5.56 Å². The number of rotatable bonds is 10. The third kappa shape index (κ3) is 8.07. The maximum Gasteiger partial charge on any atom is 0.408 e. The smallest absolute Gasteiger partial charge is 0.408 e. The van der Waals surface area contributed by atoms with Gasteiger partial charge in [-0.25, -0.2) is 4.79 Å². The van der Waals surface area contributed by atoms with Crippen molar-refractivity contribution in [3.05, 3.63) is 48.0 Å². The average molecular weight is 666 g/mol. The summed E-state index contributed by atoms with van der Waals surface area (Å²) in [5, 5.41) is 7.85. The highest BCUT2D eigenvalue weighted by molar-refractivity contribution is 6.38. The van der Waals surface area contributed by atoms with Gasteiger partial charge >= 0.3 is 6.09 Å². The monoisotopic (exact) mass is 665 g/mol. The van der Waals surface area contributed by atoms with Gasteiger partial charge in [-0.15, -0.1) is 6.58 Å². The van der Waals surface area contributed by atoms with Gasteiger partial charge in [-0.3, -0.25) is 24.0 Å². The van der Waals surface area contributed by atoms with Crippen molar-refractivity contribution in [1.29, 1.82) is 0 Å². The van der Waals surface area contributed by atoms with Crippen molar-refractivity contribution in [2.45, 2.75) is 98.5 Å². The molecule has 3 aliphatic rings. The van der Waals surface area contributed by atoms with Gasteiger partial charge in [0, 0.05) is 19.6 Å². The van der Waals surface area contributed by atoms with Crippen LogP contribution in [0, 0.1) is 22.7 Å². The molecule has 1 aliphatic carbocycles. The molecule has 1 aromatic rings. The fraction of sp³-hybridized carbons (Fsp3) is 0.611. The highest BCUT2D eigenvalue weighted by Crippen LogP contribution is 2.65. The van der Waals surface area contributed by atoms with Gasteiger partial charge < -0.3 is 30.5 Å². The molecular formula is C36H51N5O7. The lowest BCUT2D eigenvalue weighted by Crippen LogP contribution is -2.60. The van der Waals surface area contributed by atoms with E-state index in [1.54, 1.807) is 25.7 Å². The van der Waals surface area contributed by atoms with Gasteiger partial charge in [0.15, 0.2) is 0 Å². The molecule has 1 aromatic carbocycles. The zero-order valence-corrected chi connectivity index (χ0v) is 29.5. The first-order valence-corrected chi connectivity index (χ1v) is 16.6. The van der Waals surface area contributed by atoms with Gasteiger partial charge in [0.1, 0.15) is 23.7 Å². The number of Topliss-reactive ketones (excluding diaryl/α,β-unsaturated/α-hetero) is 1. The number of likely N-dealkylation sites (tertiary alicyclic amines) is 1. The Morgan fingerprint density at radius 3 is 2.27 bits per heavy atom. The maximum absolute atomic E-state index is 14.1. The van der Waals surface area contributed by atoms with Crippen LogP contribution in [0.2, 0.25) is 0 Å². The highest BCUT2D eigenvalue weighted by Gasteiger charge is 2.70. The summed E-state index contributed by atoms with van der Waals surface area (Å²) in [4.78, 5) is 83.0. The molecule has 3 N–H and O–H groups in total. The second-order valence-corrected chi connectivity index (χ2v) is 15.8. The van der Waals surface area contributed by atoms with Crippen LogP contribution in [0.25, 0.3) is 0 Å². The molecule has 262 valence electrons. The number of piperidine rings is 1. The van der Waals surface area contributed by atoms with Crippen molar-refractivity contribution in [2.75, 3.05) is 19.6 Å². The number of carbonyl (C=O) groups excluding carboxylic acids is 6. The molecule has 5 amide bonds. The van der Waals surface area contributed by atoms with E-state index >= 15 is 0 Å². The number of nitrogens with zero attached hydrogens (tertiary/aromatic N) is 2. The van der Waals surface area contributed by atoms with E-state index in [2.05, 4.69) is 22.5 Å². The SMILES string of the molecule is C=CC[C@H](NC(=O)[C@@H]1[C@@H]2[C@H](CN1C(=O)[C@@H](NC(=O)OC(C)(C)C)C(C)(C)C)C2(C)C)C(=O)C(=O)NCC(=O)N1CCc2ccccc2C1. The van der Waals surface area contributed by atoms with Crippen molar-refractivity contribution >= 4 is 35.5 Å². The summed E-state index contributed by atoms with van der Waals surface area (Å²) in [6.45, 7) is 19.2. The molecule has 2 aliphatic heterocycles. The quantitative estimate of drug-likeness (QED) is 0.257. The predicted octanol–water partition coefficient (Wildman–Crippen LogP) is 2.74. The second kappa shape index (κ2) is 13.7. The summed E-state index contributed by atoms with van der Waals surface area (Å²) in [6, 6.07) is 4.70. The lowest BCUT2D eigenvalue weighted by molar-refractivity contribution is -0.145. The molecule has 0 aromatic heterocycles. The highest BCUT2D eigenvalue weighted by atomic mass is 16.6. The zero-order valence-electron chi connectivity index (χ0n) is 29.5. The van der Waals surface area contributed by atoms with E-state index in [0.29, 0.717) is 26.1 Å². The van der Waals surface area contributed by atoms with Gasteiger partial charge in [0.2, 0.25) is 23.5 Å². The van der Waals surface area contributed by atoms with Gasteiger partial charge in [0.05, 0.1) is 6.54 Å². The Morgan fingerprint density at radius 1 is 1.02 bits per heavy atom. The summed E-state index contributed by atoms with van der Waals surface area (Å²) in [7, 11) is 0. The summed E-state index contributed by atoms with van der Waals surface area (Å²) >= 11 is 0. The van der Waals surface area contributed by atoms with Crippen LogP contribution < -0.4 is 16.0 Å². The van der Waals surface area contributed by atoms with Gasteiger partial charge in [-0.1, -0.05) is 65.0 Å². The lowest BCUT2D eigenvalue weighted by Gasteiger charge is -2.38. The lowest BCUT2D eigenvalue weighted by atomic mass is 9.85. The van der Waals surface area contributed by atoms with Crippen LogP contribution in [-0.4, -0.2) is 88.7 Å². The average Bonchev–Trinajstić information content (AvgIpc) is 3.31. The minimum Gasteiger partial charge on any atom is -0.444 e. The summed E-state index contributed by atoms with van der Waals surface area (Å²) in [6.07, 6.45) is 1.36. The van der Waals surface area contributed by atoms with Gasteiger partial charge in [-0.05, 0) is 67.4 Å². The summed E-state index contributed by atoms with van der Waals surface area (Å²) < 4.78 is 5.42. The molecule has 0 unspecified atom stereocenters.